The summed E-state index contributed by atoms with van der Waals surface area (Å²) >= 11 is 0. The Morgan fingerprint density at radius 2 is 2.00 bits per heavy atom. The topological polar surface area (TPSA) is 131 Å². The molecular weight excluding hydrogens is 308 g/mol. The second-order valence-corrected chi connectivity index (χ2v) is 5.68. The number of H-pyrrole nitrogens is 1. The van der Waals surface area contributed by atoms with Gasteiger partial charge < -0.3 is 11.1 Å². The lowest BCUT2D eigenvalue weighted by atomic mass is 10.3. The van der Waals surface area contributed by atoms with Gasteiger partial charge in [-0.15, -0.1) is 5.10 Å². The summed E-state index contributed by atoms with van der Waals surface area (Å²) in [7, 11) is -4.85. The lowest BCUT2D eigenvalue weighted by Gasteiger charge is -2.10. The molecule has 0 saturated heterocycles. The molecule has 112 valence electrons. The summed E-state index contributed by atoms with van der Waals surface area (Å²) < 4.78 is 48.2. The second kappa shape index (κ2) is 5.44. The molecule has 0 unspecified atom stereocenters. The van der Waals surface area contributed by atoms with Gasteiger partial charge in [-0.2, -0.15) is 13.8 Å². The Morgan fingerprint density at radius 1 is 1.33 bits per heavy atom. The standard InChI is InChI=1S/C10H9F2N5O3S/c11-9(12)21(19,20)6-4-2-1-3-5(6)14-8(18)7-15-10(13)17-16-7/h1-4,9H,(H,14,18)(H3,13,15,16,17). The van der Waals surface area contributed by atoms with Gasteiger partial charge >= 0.3 is 5.76 Å². The number of anilines is 2. The SMILES string of the molecule is Nc1n[nH]c(C(=O)Nc2ccccc2S(=O)(=O)C(F)F)n1. The van der Waals surface area contributed by atoms with Crippen LogP contribution in [0.4, 0.5) is 20.4 Å². The molecule has 1 aromatic heterocycles. The third-order valence-corrected chi connectivity index (χ3v) is 3.83. The fourth-order valence-electron chi connectivity index (χ4n) is 1.47. The van der Waals surface area contributed by atoms with E-state index in [9.17, 15) is 22.0 Å². The van der Waals surface area contributed by atoms with Crippen molar-refractivity contribution in [2.75, 3.05) is 11.1 Å². The Bertz CT molecular complexity index is 775. The van der Waals surface area contributed by atoms with E-state index in [4.69, 9.17) is 5.73 Å². The van der Waals surface area contributed by atoms with Crippen molar-refractivity contribution in [2.45, 2.75) is 10.7 Å². The number of aromatic amines is 1. The molecule has 1 aromatic carbocycles. The van der Waals surface area contributed by atoms with Crippen LogP contribution in [-0.4, -0.2) is 35.3 Å². The van der Waals surface area contributed by atoms with Crippen molar-refractivity contribution < 1.29 is 22.0 Å². The van der Waals surface area contributed by atoms with E-state index >= 15 is 0 Å². The van der Waals surface area contributed by atoms with E-state index in [-0.39, 0.29) is 17.5 Å². The Hall–Kier alpha value is -2.56. The molecule has 8 nitrogen and oxygen atoms in total. The van der Waals surface area contributed by atoms with E-state index in [0.29, 0.717) is 0 Å². The highest BCUT2D eigenvalue weighted by Crippen LogP contribution is 2.26. The monoisotopic (exact) mass is 317 g/mol. The number of nitrogen functional groups attached to an aromatic ring is 1. The van der Waals surface area contributed by atoms with Crippen LogP contribution in [0.15, 0.2) is 29.2 Å². The van der Waals surface area contributed by atoms with Crippen molar-refractivity contribution in [2.24, 2.45) is 0 Å². The number of rotatable bonds is 4. The van der Waals surface area contributed by atoms with Crippen LogP contribution in [0, 0.1) is 0 Å². The van der Waals surface area contributed by atoms with Crippen molar-refractivity contribution in [1.82, 2.24) is 15.2 Å². The number of amides is 1. The molecule has 0 atom stereocenters. The van der Waals surface area contributed by atoms with Gasteiger partial charge in [-0.25, -0.2) is 8.42 Å². The summed E-state index contributed by atoms with van der Waals surface area (Å²) in [6.45, 7) is 0. The zero-order chi connectivity index (χ0) is 15.6. The molecule has 0 aliphatic heterocycles. The molecule has 11 heteroatoms. The number of carbonyl (C=O) groups excluding carboxylic acids is 1. The molecule has 1 heterocycles. The Balaban J connectivity index is 2.36. The third-order valence-electron chi connectivity index (χ3n) is 2.39. The zero-order valence-corrected chi connectivity index (χ0v) is 11.1. The van der Waals surface area contributed by atoms with Crippen molar-refractivity contribution in [1.29, 1.82) is 0 Å². The summed E-state index contributed by atoms with van der Waals surface area (Å²) in [4.78, 5) is 14.6. The number of hydrogen-bond acceptors (Lipinski definition) is 6. The highest BCUT2D eigenvalue weighted by molar-refractivity contribution is 7.91. The fourth-order valence-corrected chi connectivity index (χ4v) is 2.36. The highest BCUT2D eigenvalue weighted by Gasteiger charge is 2.29. The normalized spacial score (nSPS) is 11.6. The summed E-state index contributed by atoms with van der Waals surface area (Å²) in [6, 6.07) is 4.78. The minimum Gasteiger partial charge on any atom is -0.366 e. The van der Waals surface area contributed by atoms with Crippen LogP contribution in [0.5, 0.6) is 0 Å². The smallest absolute Gasteiger partial charge is 0.341 e. The van der Waals surface area contributed by atoms with Crippen LogP contribution in [0.3, 0.4) is 0 Å². The number of nitrogens with zero attached hydrogens (tertiary/aromatic N) is 2. The van der Waals surface area contributed by atoms with Gasteiger partial charge in [0.15, 0.2) is 0 Å². The van der Waals surface area contributed by atoms with Gasteiger partial charge in [0.1, 0.15) is 0 Å². The van der Waals surface area contributed by atoms with Crippen molar-refractivity contribution >= 4 is 27.4 Å². The van der Waals surface area contributed by atoms with Gasteiger partial charge in [0, 0.05) is 0 Å². The second-order valence-electron chi connectivity index (χ2n) is 3.80. The number of aromatic nitrogens is 3. The van der Waals surface area contributed by atoms with Crippen LogP contribution in [0.25, 0.3) is 0 Å². The molecule has 4 N–H and O–H groups in total. The van der Waals surface area contributed by atoms with E-state index in [2.05, 4.69) is 20.5 Å². The predicted octanol–water partition coefficient (Wildman–Crippen LogP) is 0.635. The van der Waals surface area contributed by atoms with Crippen molar-refractivity contribution in [3.63, 3.8) is 0 Å². The van der Waals surface area contributed by atoms with E-state index in [1.807, 2.05) is 0 Å². The van der Waals surface area contributed by atoms with Crippen LogP contribution < -0.4 is 11.1 Å². The molecule has 2 aromatic rings. The number of nitrogens with one attached hydrogen (secondary N) is 2. The highest BCUT2D eigenvalue weighted by atomic mass is 32.2. The largest absolute Gasteiger partial charge is 0.366 e. The number of benzene rings is 1. The molecule has 0 bridgehead atoms. The molecule has 0 aliphatic rings. The van der Waals surface area contributed by atoms with E-state index < -0.39 is 26.4 Å². The first-order valence-corrected chi connectivity index (χ1v) is 6.97. The maximum absolute atomic E-state index is 12.6. The Kier molecular flexibility index (Phi) is 3.84. The lowest BCUT2D eigenvalue weighted by molar-refractivity contribution is 0.101. The van der Waals surface area contributed by atoms with Gasteiger partial charge in [0.2, 0.25) is 21.6 Å². The first kappa shape index (κ1) is 14.8. The number of alkyl halides is 2. The maximum atomic E-state index is 12.6. The van der Waals surface area contributed by atoms with Crippen molar-refractivity contribution in [3.05, 3.63) is 30.1 Å². The zero-order valence-electron chi connectivity index (χ0n) is 10.2. The molecular formula is C10H9F2N5O3S. The first-order valence-electron chi connectivity index (χ1n) is 5.42. The molecule has 2 rings (SSSR count). The average molecular weight is 317 g/mol. The van der Waals surface area contributed by atoms with Gasteiger partial charge in [0.05, 0.1) is 10.6 Å². The van der Waals surface area contributed by atoms with E-state index in [0.717, 1.165) is 6.07 Å². The lowest BCUT2D eigenvalue weighted by Crippen LogP contribution is -2.18. The molecule has 21 heavy (non-hydrogen) atoms. The van der Waals surface area contributed by atoms with Gasteiger partial charge in [0.25, 0.3) is 5.91 Å². The van der Waals surface area contributed by atoms with Gasteiger partial charge in [-0.3, -0.25) is 9.89 Å². The quantitative estimate of drug-likeness (QED) is 0.758. The number of sulfone groups is 1. The van der Waals surface area contributed by atoms with Crippen LogP contribution in [0.2, 0.25) is 0 Å². The summed E-state index contributed by atoms with van der Waals surface area (Å²) in [5, 5.41) is 7.79. The van der Waals surface area contributed by atoms with Crippen LogP contribution in [-0.2, 0) is 9.84 Å². The number of hydrogen-bond donors (Lipinski definition) is 3. The molecule has 0 saturated carbocycles. The summed E-state index contributed by atoms with van der Waals surface area (Å²) in [5.41, 5.74) is 4.93. The van der Waals surface area contributed by atoms with Gasteiger partial charge in [-0.1, -0.05) is 12.1 Å². The number of carbonyl (C=O) groups is 1. The molecule has 0 fully saturated rings. The molecule has 0 spiro atoms. The maximum Gasteiger partial charge on any atom is 0.341 e. The van der Waals surface area contributed by atoms with E-state index in [1.165, 1.54) is 18.2 Å². The fraction of sp³-hybridized carbons (Fsp3) is 0.100. The van der Waals surface area contributed by atoms with E-state index in [1.54, 1.807) is 0 Å². The minimum absolute atomic E-state index is 0.186. The predicted molar refractivity (Wildman–Crippen MR) is 68.4 cm³/mol. The molecule has 1 amide bonds. The van der Waals surface area contributed by atoms with Crippen molar-refractivity contribution in [3.8, 4) is 0 Å². The minimum atomic E-state index is -4.85. The molecule has 0 aliphatic carbocycles. The average Bonchev–Trinajstić information content (AvgIpc) is 2.86. The number of para-hydroxylation sites is 1. The Labute approximate surface area is 117 Å². The molecule has 0 radical (unpaired) electrons. The van der Waals surface area contributed by atoms with Crippen LogP contribution >= 0.6 is 0 Å². The van der Waals surface area contributed by atoms with Crippen LogP contribution in [0.1, 0.15) is 10.6 Å². The third kappa shape index (κ3) is 2.97. The Morgan fingerprint density at radius 3 is 2.57 bits per heavy atom. The number of nitrogens with two attached hydrogens (primary N) is 1. The number of halogens is 2. The van der Waals surface area contributed by atoms with Gasteiger partial charge in [-0.05, 0) is 12.1 Å². The summed E-state index contributed by atoms with van der Waals surface area (Å²) in [5.74, 6) is -4.93. The first-order chi connectivity index (χ1) is 9.82. The summed E-state index contributed by atoms with van der Waals surface area (Å²) in [6.07, 6.45) is 0.